The highest BCUT2D eigenvalue weighted by Gasteiger charge is 2.16. The van der Waals surface area contributed by atoms with Gasteiger partial charge in [0.15, 0.2) is 0 Å². The lowest BCUT2D eigenvalue weighted by Gasteiger charge is -2.17. The van der Waals surface area contributed by atoms with Gasteiger partial charge in [-0.2, -0.15) is 0 Å². The summed E-state index contributed by atoms with van der Waals surface area (Å²) < 4.78 is 27.5. The van der Waals surface area contributed by atoms with Crippen LogP contribution in [-0.2, 0) is 12.8 Å². The maximum atomic E-state index is 13.8. The van der Waals surface area contributed by atoms with Crippen LogP contribution < -0.4 is 5.32 Å². The molecule has 112 valence electrons. The lowest BCUT2D eigenvalue weighted by atomic mass is 9.92. The molecule has 0 heterocycles. The van der Waals surface area contributed by atoms with Crippen molar-refractivity contribution in [3.63, 3.8) is 0 Å². The number of hydrogen-bond acceptors (Lipinski definition) is 1. The van der Waals surface area contributed by atoms with Crippen molar-refractivity contribution < 1.29 is 8.78 Å². The third-order valence-corrected chi connectivity index (χ3v) is 3.74. The second kappa shape index (κ2) is 7.53. The molecule has 0 spiro atoms. The third-order valence-electron chi connectivity index (χ3n) is 3.48. The Hall–Kier alpha value is -1.45. The van der Waals surface area contributed by atoms with E-state index in [9.17, 15) is 8.78 Å². The number of halogens is 3. The normalized spacial score (nSPS) is 12.4. The SMILES string of the molecule is CNCC(Cc1ccc(Cl)cc1)Cc1c(F)cccc1F. The van der Waals surface area contributed by atoms with Crippen molar-refractivity contribution in [1.82, 2.24) is 5.32 Å². The molecule has 0 saturated heterocycles. The fourth-order valence-corrected chi connectivity index (χ4v) is 2.60. The number of rotatable bonds is 6. The summed E-state index contributed by atoms with van der Waals surface area (Å²) in [5, 5.41) is 3.77. The van der Waals surface area contributed by atoms with E-state index in [2.05, 4.69) is 5.32 Å². The summed E-state index contributed by atoms with van der Waals surface area (Å²) in [5.41, 5.74) is 1.27. The number of hydrogen-bond donors (Lipinski definition) is 1. The predicted octanol–water partition coefficient (Wildman–Crippen LogP) is 4.24. The van der Waals surface area contributed by atoms with Gasteiger partial charge in [0.2, 0.25) is 0 Å². The molecule has 0 aliphatic rings. The lowest BCUT2D eigenvalue weighted by Crippen LogP contribution is -2.23. The minimum atomic E-state index is -0.479. The highest BCUT2D eigenvalue weighted by atomic mass is 35.5. The van der Waals surface area contributed by atoms with Gasteiger partial charge in [-0.25, -0.2) is 8.78 Å². The van der Waals surface area contributed by atoms with Crippen LogP contribution in [-0.4, -0.2) is 13.6 Å². The summed E-state index contributed by atoms with van der Waals surface area (Å²) in [5.74, 6) is -0.845. The van der Waals surface area contributed by atoms with Crippen molar-refractivity contribution in [3.8, 4) is 0 Å². The molecule has 0 aromatic heterocycles. The summed E-state index contributed by atoms with van der Waals surface area (Å²) in [6.07, 6.45) is 1.10. The summed E-state index contributed by atoms with van der Waals surface area (Å²) in [7, 11) is 1.84. The van der Waals surface area contributed by atoms with Gasteiger partial charge in [-0.3, -0.25) is 0 Å². The molecule has 1 unspecified atom stereocenters. The third kappa shape index (κ3) is 4.51. The highest BCUT2D eigenvalue weighted by molar-refractivity contribution is 6.30. The highest BCUT2D eigenvalue weighted by Crippen LogP contribution is 2.20. The topological polar surface area (TPSA) is 12.0 Å². The van der Waals surface area contributed by atoms with Crippen molar-refractivity contribution >= 4 is 11.6 Å². The van der Waals surface area contributed by atoms with Crippen LogP contribution in [0, 0.1) is 17.6 Å². The summed E-state index contributed by atoms with van der Waals surface area (Å²) in [4.78, 5) is 0. The molecule has 0 aliphatic carbocycles. The van der Waals surface area contributed by atoms with Gasteiger partial charge in [-0.15, -0.1) is 0 Å². The zero-order valence-corrected chi connectivity index (χ0v) is 12.6. The van der Waals surface area contributed by atoms with E-state index in [1.165, 1.54) is 18.2 Å². The summed E-state index contributed by atoms with van der Waals surface area (Å²) in [6.45, 7) is 0.691. The fraction of sp³-hybridized carbons (Fsp3) is 0.294. The Morgan fingerprint density at radius 2 is 1.62 bits per heavy atom. The Bertz CT molecular complexity index is 564. The molecule has 2 rings (SSSR count). The van der Waals surface area contributed by atoms with Crippen molar-refractivity contribution in [3.05, 3.63) is 70.2 Å². The molecule has 21 heavy (non-hydrogen) atoms. The minimum absolute atomic E-state index is 0.113. The van der Waals surface area contributed by atoms with Gasteiger partial charge < -0.3 is 5.32 Å². The van der Waals surface area contributed by atoms with Gasteiger partial charge in [0.25, 0.3) is 0 Å². The maximum absolute atomic E-state index is 13.8. The monoisotopic (exact) mass is 309 g/mol. The van der Waals surface area contributed by atoms with Crippen LogP contribution in [0.3, 0.4) is 0 Å². The van der Waals surface area contributed by atoms with Gasteiger partial charge in [0.05, 0.1) is 0 Å². The molecule has 1 N–H and O–H groups in total. The van der Waals surface area contributed by atoms with E-state index >= 15 is 0 Å². The van der Waals surface area contributed by atoms with Crippen LogP contribution in [0.4, 0.5) is 8.78 Å². The zero-order chi connectivity index (χ0) is 15.2. The zero-order valence-electron chi connectivity index (χ0n) is 11.9. The first kappa shape index (κ1) is 15.9. The molecule has 0 aliphatic heterocycles. The molecular weight excluding hydrogens is 292 g/mol. The molecule has 1 atom stereocenters. The van der Waals surface area contributed by atoms with Crippen LogP contribution >= 0.6 is 11.6 Å². The van der Waals surface area contributed by atoms with Crippen LogP contribution in [0.1, 0.15) is 11.1 Å². The molecular formula is C17H18ClF2N. The largest absolute Gasteiger partial charge is 0.319 e. The molecule has 2 aromatic rings. The lowest BCUT2D eigenvalue weighted by molar-refractivity contribution is 0.462. The molecule has 1 nitrogen and oxygen atoms in total. The first-order chi connectivity index (χ1) is 10.1. The Kier molecular flexibility index (Phi) is 5.71. The molecule has 0 fully saturated rings. The van der Waals surface area contributed by atoms with E-state index in [4.69, 9.17) is 11.6 Å². The summed E-state index contributed by atoms with van der Waals surface area (Å²) in [6, 6.07) is 11.5. The standard InChI is InChI=1S/C17H18ClF2N/c1-21-11-13(9-12-5-7-14(18)8-6-12)10-15-16(19)3-2-4-17(15)20/h2-8,13,21H,9-11H2,1H3. The maximum Gasteiger partial charge on any atom is 0.129 e. The number of nitrogens with one attached hydrogen (secondary N) is 1. The van der Waals surface area contributed by atoms with E-state index in [0.717, 1.165) is 12.0 Å². The van der Waals surface area contributed by atoms with Gasteiger partial charge in [-0.05, 0) is 62.2 Å². The Balaban J connectivity index is 2.13. The van der Waals surface area contributed by atoms with Crippen LogP contribution in [0.25, 0.3) is 0 Å². The van der Waals surface area contributed by atoms with E-state index in [1.807, 2.05) is 31.3 Å². The Labute approximate surface area is 128 Å². The quantitative estimate of drug-likeness (QED) is 0.841. The molecule has 0 radical (unpaired) electrons. The van der Waals surface area contributed by atoms with Crippen molar-refractivity contribution in [2.75, 3.05) is 13.6 Å². The van der Waals surface area contributed by atoms with Crippen molar-refractivity contribution in [2.45, 2.75) is 12.8 Å². The molecule has 0 bridgehead atoms. The molecule has 4 heteroatoms. The average Bonchev–Trinajstić information content (AvgIpc) is 2.45. The van der Waals surface area contributed by atoms with E-state index < -0.39 is 11.6 Å². The van der Waals surface area contributed by atoms with Crippen LogP contribution in [0.2, 0.25) is 5.02 Å². The van der Waals surface area contributed by atoms with Gasteiger partial charge in [0.1, 0.15) is 11.6 Å². The Morgan fingerprint density at radius 1 is 1.00 bits per heavy atom. The molecule has 2 aromatic carbocycles. The van der Waals surface area contributed by atoms with Gasteiger partial charge in [-0.1, -0.05) is 29.8 Å². The minimum Gasteiger partial charge on any atom is -0.319 e. The molecule has 0 saturated carbocycles. The second-order valence-electron chi connectivity index (χ2n) is 5.16. The van der Waals surface area contributed by atoms with E-state index in [1.54, 1.807) is 0 Å². The van der Waals surface area contributed by atoms with E-state index in [-0.39, 0.29) is 11.5 Å². The van der Waals surface area contributed by atoms with Crippen molar-refractivity contribution in [1.29, 1.82) is 0 Å². The first-order valence-corrected chi connectivity index (χ1v) is 7.30. The average molecular weight is 310 g/mol. The van der Waals surface area contributed by atoms with Gasteiger partial charge in [0, 0.05) is 10.6 Å². The van der Waals surface area contributed by atoms with Gasteiger partial charge >= 0.3 is 0 Å². The Morgan fingerprint density at radius 3 is 2.19 bits per heavy atom. The smallest absolute Gasteiger partial charge is 0.129 e. The fourth-order valence-electron chi connectivity index (χ4n) is 2.48. The molecule has 0 amide bonds. The van der Waals surface area contributed by atoms with Crippen molar-refractivity contribution in [2.24, 2.45) is 5.92 Å². The van der Waals surface area contributed by atoms with Crippen LogP contribution in [0.5, 0.6) is 0 Å². The second-order valence-corrected chi connectivity index (χ2v) is 5.60. The predicted molar refractivity (Wildman–Crippen MR) is 82.6 cm³/mol. The van der Waals surface area contributed by atoms with E-state index in [0.29, 0.717) is 18.0 Å². The number of benzene rings is 2. The first-order valence-electron chi connectivity index (χ1n) is 6.92. The van der Waals surface area contributed by atoms with Crippen LogP contribution in [0.15, 0.2) is 42.5 Å². The summed E-state index contributed by atoms with van der Waals surface area (Å²) >= 11 is 5.87.